The van der Waals surface area contributed by atoms with Gasteiger partial charge in [-0.1, -0.05) is 29.3 Å². The highest BCUT2D eigenvalue weighted by Crippen LogP contribution is 2.19. The summed E-state index contributed by atoms with van der Waals surface area (Å²) in [6.45, 7) is 0. The highest BCUT2D eigenvalue weighted by Gasteiger charge is 2.07. The van der Waals surface area contributed by atoms with Gasteiger partial charge in [-0.2, -0.15) is 5.10 Å². The van der Waals surface area contributed by atoms with Gasteiger partial charge in [-0.3, -0.25) is 9.59 Å². The second-order valence-electron chi connectivity index (χ2n) is 5.01. The van der Waals surface area contributed by atoms with Crippen molar-refractivity contribution in [2.45, 2.75) is 12.8 Å². The van der Waals surface area contributed by atoms with Crippen molar-refractivity contribution in [1.82, 2.24) is 5.43 Å². The molecular weight excluding hydrogens is 476 g/mol. The molecule has 5 nitrogen and oxygen atoms in total. The van der Waals surface area contributed by atoms with Gasteiger partial charge < -0.3 is 5.32 Å². The number of hydrogen-bond donors (Lipinski definition) is 2. The third-order valence-electron chi connectivity index (χ3n) is 3.06. The highest BCUT2D eigenvalue weighted by molar-refractivity contribution is 14.1. The van der Waals surface area contributed by atoms with E-state index in [9.17, 15) is 9.59 Å². The summed E-state index contributed by atoms with van der Waals surface area (Å²) in [7, 11) is 0. The number of hydrogen-bond acceptors (Lipinski definition) is 3. The molecule has 0 aromatic heterocycles. The second kappa shape index (κ2) is 9.74. The monoisotopic (exact) mass is 489 g/mol. The fraction of sp³-hybridized carbons (Fsp3) is 0.118. The largest absolute Gasteiger partial charge is 0.326 e. The molecule has 0 bridgehead atoms. The van der Waals surface area contributed by atoms with E-state index in [0.717, 1.165) is 3.57 Å². The van der Waals surface area contributed by atoms with E-state index >= 15 is 0 Å². The Hall–Kier alpha value is -1.64. The average Bonchev–Trinajstić information content (AvgIpc) is 2.57. The summed E-state index contributed by atoms with van der Waals surface area (Å²) in [5.74, 6) is -0.597. The zero-order chi connectivity index (χ0) is 18.2. The number of carbonyl (C=O) groups is 2. The van der Waals surface area contributed by atoms with Crippen LogP contribution in [0.5, 0.6) is 0 Å². The Morgan fingerprint density at radius 2 is 1.72 bits per heavy atom. The first-order valence-electron chi connectivity index (χ1n) is 7.26. The van der Waals surface area contributed by atoms with Crippen LogP contribution < -0.4 is 10.7 Å². The van der Waals surface area contributed by atoms with E-state index in [4.69, 9.17) is 23.2 Å². The first kappa shape index (κ1) is 19.7. The lowest BCUT2D eigenvalue weighted by molar-refractivity contribution is -0.124. The van der Waals surface area contributed by atoms with Gasteiger partial charge in [0.1, 0.15) is 0 Å². The highest BCUT2D eigenvalue weighted by atomic mass is 127. The molecule has 2 aromatic rings. The molecule has 0 radical (unpaired) electrons. The summed E-state index contributed by atoms with van der Waals surface area (Å²) in [4.78, 5) is 23.5. The number of rotatable bonds is 6. The van der Waals surface area contributed by atoms with Crippen LogP contribution in [0.1, 0.15) is 18.4 Å². The second-order valence-corrected chi connectivity index (χ2v) is 7.10. The van der Waals surface area contributed by atoms with E-state index in [1.807, 2.05) is 12.1 Å². The summed E-state index contributed by atoms with van der Waals surface area (Å²) < 4.78 is 1.08. The Bertz CT molecular complexity index is 795. The van der Waals surface area contributed by atoms with Gasteiger partial charge >= 0.3 is 0 Å². The van der Waals surface area contributed by atoms with E-state index in [0.29, 0.717) is 21.3 Å². The number of halogens is 3. The molecule has 2 N–H and O–H groups in total. The predicted octanol–water partition coefficient (Wildman–Crippen LogP) is 4.47. The van der Waals surface area contributed by atoms with Crippen molar-refractivity contribution in [3.05, 3.63) is 61.6 Å². The van der Waals surface area contributed by atoms with Crippen LogP contribution in [0.25, 0.3) is 0 Å². The van der Waals surface area contributed by atoms with Crippen LogP contribution in [-0.2, 0) is 9.59 Å². The first-order chi connectivity index (χ1) is 11.9. The number of benzene rings is 2. The molecule has 0 aliphatic heterocycles. The van der Waals surface area contributed by atoms with Gasteiger partial charge in [-0.25, -0.2) is 5.43 Å². The molecular formula is C17H14Cl2IN3O2. The van der Waals surface area contributed by atoms with Gasteiger partial charge in [-0.15, -0.1) is 0 Å². The van der Waals surface area contributed by atoms with E-state index in [2.05, 4.69) is 38.4 Å². The number of carbonyl (C=O) groups excluding carboxylic acids is 2. The van der Waals surface area contributed by atoms with Crippen molar-refractivity contribution >= 4 is 69.5 Å². The van der Waals surface area contributed by atoms with Gasteiger partial charge in [0, 0.05) is 32.7 Å². The normalized spacial score (nSPS) is 10.7. The Morgan fingerprint density at radius 1 is 1.04 bits per heavy atom. The SMILES string of the molecule is O=C(CCC(=O)Nc1ccc(I)cc1)NN=Cc1ccc(Cl)cc1Cl. The number of hydrazone groups is 1. The minimum absolute atomic E-state index is 0.0297. The van der Waals surface area contributed by atoms with Gasteiger partial charge in [0.05, 0.1) is 11.2 Å². The van der Waals surface area contributed by atoms with Gasteiger partial charge in [0.15, 0.2) is 0 Å². The van der Waals surface area contributed by atoms with Gasteiger partial charge in [0.2, 0.25) is 11.8 Å². The third-order valence-corrected chi connectivity index (χ3v) is 4.34. The molecule has 25 heavy (non-hydrogen) atoms. The molecule has 0 atom stereocenters. The van der Waals surface area contributed by atoms with E-state index in [-0.39, 0.29) is 24.7 Å². The quantitative estimate of drug-likeness (QED) is 0.357. The van der Waals surface area contributed by atoms with Crippen molar-refractivity contribution in [3.8, 4) is 0 Å². The Labute approximate surface area is 168 Å². The number of amides is 2. The summed E-state index contributed by atoms with van der Waals surface area (Å²) in [5, 5.41) is 7.50. The minimum Gasteiger partial charge on any atom is -0.326 e. The Balaban J connectivity index is 1.75. The van der Waals surface area contributed by atoms with E-state index in [1.54, 1.807) is 30.3 Å². The van der Waals surface area contributed by atoms with Crippen LogP contribution in [0.15, 0.2) is 47.6 Å². The number of nitrogens with one attached hydrogen (secondary N) is 2. The number of nitrogens with zero attached hydrogens (tertiary/aromatic N) is 1. The van der Waals surface area contributed by atoms with Crippen molar-refractivity contribution in [2.75, 3.05) is 5.32 Å². The molecule has 2 aromatic carbocycles. The molecule has 2 amide bonds. The molecule has 0 aliphatic carbocycles. The van der Waals surface area contributed by atoms with Crippen LogP contribution in [0.3, 0.4) is 0 Å². The van der Waals surface area contributed by atoms with Crippen molar-refractivity contribution in [2.24, 2.45) is 5.10 Å². The topological polar surface area (TPSA) is 70.6 Å². The van der Waals surface area contributed by atoms with Crippen LogP contribution in [0, 0.1) is 3.57 Å². The number of anilines is 1. The van der Waals surface area contributed by atoms with Gasteiger partial charge in [-0.05, 0) is 59.0 Å². The lowest BCUT2D eigenvalue weighted by Crippen LogP contribution is -2.20. The first-order valence-corrected chi connectivity index (χ1v) is 9.10. The Morgan fingerprint density at radius 3 is 2.40 bits per heavy atom. The average molecular weight is 490 g/mol. The molecule has 0 unspecified atom stereocenters. The molecule has 0 saturated carbocycles. The fourth-order valence-electron chi connectivity index (χ4n) is 1.82. The van der Waals surface area contributed by atoms with E-state index < -0.39 is 0 Å². The van der Waals surface area contributed by atoms with Crippen LogP contribution in [0.4, 0.5) is 5.69 Å². The standard InChI is InChI=1S/C17H14Cl2IN3O2/c18-12-2-1-11(15(19)9-12)10-21-23-17(25)8-7-16(24)22-14-5-3-13(20)4-6-14/h1-6,9-10H,7-8H2,(H,22,24)(H,23,25). The molecule has 0 fully saturated rings. The van der Waals surface area contributed by atoms with Crippen LogP contribution >= 0.6 is 45.8 Å². The van der Waals surface area contributed by atoms with Gasteiger partial charge in [0.25, 0.3) is 0 Å². The van der Waals surface area contributed by atoms with Crippen LogP contribution in [0.2, 0.25) is 10.0 Å². The maximum atomic E-state index is 11.8. The lowest BCUT2D eigenvalue weighted by atomic mass is 10.2. The van der Waals surface area contributed by atoms with Crippen molar-refractivity contribution < 1.29 is 9.59 Å². The zero-order valence-electron chi connectivity index (χ0n) is 12.9. The molecule has 0 heterocycles. The molecule has 0 saturated heterocycles. The van der Waals surface area contributed by atoms with Crippen LogP contribution in [-0.4, -0.2) is 18.0 Å². The Kier molecular flexibility index (Phi) is 7.67. The maximum Gasteiger partial charge on any atom is 0.240 e. The summed E-state index contributed by atoms with van der Waals surface area (Å²) in [6.07, 6.45) is 1.51. The summed E-state index contributed by atoms with van der Waals surface area (Å²) in [5.41, 5.74) is 3.68. The molecule has 0 aliphatic rings. The predicted molar refractivity (Wildman–Crippen MR) is 109 cm³/mol. The smallest absolute Gasteiger partial charge is 0.240 e. The van der Waals surface area contributed by atoms with Crippen molar-refractivity contribution in [3.63, 3.8) is 0 Å². The molecule has 130 valence electrons. The molecule has 2 rings (SSSR count). The van der Waals surface area contributed by atoms with E-state index in [1.165, 1.54) is 6.21 Å². The summed E-state index contributed by atoms with van der Waals surface area (Å²) >= 11 is 14.0. The lowest BCUT2D eigenvalue weighted by Gasteiger charge is -2.05. The minimum atomic E-state index is -0.362. The zero-order valence-corrected chi connectivity index (χ0v) is 16.6. The third kappa shape index (κ3) is 7.01. The fourth-order valence-corrected chi connectivity index (χ4v) is 2.64. The summed E-state index contributed by atoms with van der Waals surface area (Å²) in [6, 6.07) is 12.3. The maximum absolute atomic E-state index is 11.8. The van der Waals surface area contributed by atoms with Crippen molar-refractivity contribution in [1.29, 1.82) is 0 Å². The molecule has 8 heteroatoms. The molecule has 0 spiro atoms.